The van der Waals surface area contributed by atoms with Crippen LogP contribution in [0.1, 0.15) is 15.9 Å². The van der Waals surface area contributed by atoms with Crippen LogP contribution in [-0.2, 0) is 5.88 Å². The third kappa shape index (κ3) is 2.66. The van der Waals surface area contributed by atoms with Gasteiger partial charge in [-0.25, -0.2) is 4.98 Å². The Morgan fingerprint density at radius 1 is 1.25 bits per heavy atom. The van der Waals surface area contributed by atoms with Crippen molar-refractivity contribution in [1.29, 1.82) is 0 Å². The molecule has 0 fully saturated rings. The molecule has 3 aromatic rings. The summed E-state index contributed by atoms with van der Waals surface area (Å²) in [5.74, 6) is 0.259. The highest BCUT2D eigenvalue weighted by Crippen LogP contribution is 2.22. The molecule has 0 saturated carbocycles. The maximum Gasteiger partial charge on any atom is 0.255 e. The average Bonchev–Trinajstić information content (AvgIpc) is 2.95. The molecule has 2 aromatic carbocycles. The summed E-state index contributed by atoms with van der Waals surface area (Å²) in [6.45, 7) is 0. The van der Waals surface area contributed by atoms with E-state index in [9.17, 15) is 4.79 Å². The van der Waals surface area contributed by atoms with Crippen molar-refractivity contribution in [2.75, 3.05) is 5.32 Å². The third-order valence-corrected chi connectivity index (χ3v) is 4.03. The Hall–Kier alpha value is -1.91. The van der Waals surface area contributed by atoms with Gasteiger partial charge in [-0.2, -0.15) is 0 Å². The SMILES string of the molecule is O=C(Nc1ccc2ncsc2c1)c1cccc(CCl)c1. The molecule has 5 heteroatoms. The van der Waals surface area contributed by atoms with Crippen LogP contribution in [0.2, 0.25) is 0 Å². The summed E-state index contributed by atoms with van der Waals surface area (Å²) in [7, 11) is 0. The number of carbonyl (C=O) groups is 1. The van der Waals surface area contributed by atoms with E-state index < -0.39 is 0 Å². The first-order chi connectivity index (χ1) is 9.76. The zero-order valence-corrected chi connectivity index (χ0v) is 12.0. The molecule has 0 atom stereocenters. The van der Waals surface area contributed by atoms with Gasteiger partial charge in [0.1, 0.15) is 0 Å². The number of thiazole rings is 1. The fourth-order valence-electron chi connectivity index (χ4n) is 1.93. The predicted octanol–water partition coefficient (Wildman–Crippen LogP) is 4.29. The maximum absolute atomic E-state index is 12.2. The third-order valence-electron chi connectivity index (χ3n) is 2.93. The van der Waals surface area contributed by atoms with Gasteiger partial charge < -0.3 is 5.32 Å². The first-order valence-corrected chi connectivity index (χ1v) is 7.47. The highest BCUT2D eigenvalue weighted by Gasteiger charge is 2.07. The lowest BCUT2D eigenvalue weighted by molar-refractivity contribution is 0.102. The quantitative estimate of drug-likeness (QED) is 0.733. The van der Waals surface area contributed by atoms with Crippen molar-refractivity contribution in [2.24, 2.45) is 0 Å². The minimum Gasteiger partial charge on any atom is -0.322 e. The van der Waals surface area contributed by atoms with Crippen molar-refractivity contribution in [1.82, 2.24) is 4.98 Å². The number of rotatable bonds is 3. The van der Waals surface area contributed by atoms with Crippen LogP contribution in [0.15, 0.2) is 48.0 Å². The Balaban J connectivity index is 1.83. The van der Waals surface area contributed by atoms with E-state index in [4.69, 9.17) is 11.6 Å². The molecular weight excluding hydrogens is 292 g/mol. The molecule has 3 rings (SSSR count). The molecule has 0 spiro atoms. The van der Waals surface area contributed by atoms with Crippen LogP contribution in [0.4, 0.5) is 5.69 Å². The van der Waals surface area contributed by atoms with E-state index in [0.717, 1.165) is 21.5 Å². The van der Waals surface area contributed by atoms with Gasteiger partial charge in [-0.15, -0.1) is 22.9 Å². The van der Waals surface area contributed by atoms with Crippen LogP contribution >= 0.6 is 22.9 Å². The smallest absolute Gasteiger partial charge is 0.255 e. The number of carbonyl (C=O) groups excluding carboxylic acids is 1. The monoisotopic (exact) mass is 302 g/mol. The zero-order chi connectivity index (χ0) is 13.9. The van der Waals surface area contributed by atoms with Crippen molar-refractivity contribution >= 4 is 44.7 Å². The summed E-state index contributed by atoms with van der Waals surface area (Å²) >= 11 is 7.33. The number of aromatic nitrogens is 1. The van der Waals surface area contributed by atoms with Gasteiger partial charge in [0.15, 0.2) is 0 Å². The molecule has 0 aliphatic rings. The van der Waals surface area contributed by atoms with Gasteiger partial charge in [0.25, 0.3) is 5.91 Å². The largest absolute Gasteiger partial charge is 0.322 e. The van der Waals surface area contributed by atoms with E-state index >= 15 is 0 Å². The minimum atomic E-state index is -0.138. The van der Waals surface area contributed by atoms with Crippen molar-refractivity contribution < 1.29 is 4.79 Å². The number of alkyl halides is 1. The summed E-state index contributed by atoms with van der Waals surface area (Å²) in [4.78, 5) is 16.4. The number of benzene rings is 2. The van der Waals surface area contributed by atoms with E-state index in [-0.39, 0.29) is 5.91 Å². The summed E-state index contributed by atoms with van der Waals surface area (Å²) in [5.41, 5.74) is 5.03. The number of halogens is 1. The first-order valence-electron chi connectivity index (χ1n) is 6.06. The van der Waals surface area contributed by atoms with Gasteiger partial charge in [0.2, 0.25) is 0 Å². The Labute approximate surface area is 125 Å². The van der Waals surface area contributed by atoms with Crippen molar-refractivity contribution in [3.63, 3.8) is 0 Å². The molecule has 3 nitrogen and oxygen atoms in total. The summed E-state index contributed by atoms with van der Waals surface area (Å²) < 4.78 is 1.05. The highest BCUT2D eigenvalue weighted by molar-refractivity contribution is 7.16. The van der Waals surface area contributed by atoms with Gasteiger partial charge in [-0.3, -0.25) is 4.79 Å². The Morgan fingerprint density at radius 2 is 2.15 bits per heavy atom. The average molecular weight is 303 g/mol. The fraction of sp³-hybridized carbons (Fsp3) is 0.0667. The lowest BCUT2D eigenvalue weighted by Gasteiger charge is -2.06. The Bertz CT molecular complexity index is 769. The second-order valence-corrected chi connectivity index (χ2v) is 5.48. The standard InChI is InChI=1S/C15H11ClN2OS/c16-8-10-2-1-3-11(6-10)15(19)18-12-4-5-13-14(7-12)20-9-17-13/h1-7,9H,8H2,(H,18,19). The number of nitrogens with one attached hydrogen (secondary N) is 1. The number of fused-ring (bicyclic) bond motifs is 1. The molecule has 1 N–H and O–H groups in total. The number of nitrogens with zero attached hydrogens (tertiary/aromatic N) is 1. The Kier molecular flexibility index (Phi) is 3.67. The molecule has 1 aromatic heterocycles. The molecule has 0 aliphatic carbocycles. The molecular formula is C15H11ClN2OS. The summed E-state index contributed by atoms with van der Waals surface area (Å²) in [6, 6.07) is 13.0. The van der Waals surface area contributed by atoms with Crippen molar-refractivity contribution in [2.45, 2.75) is 5.88 Å². The van der Waals surface area contributed by atoms with Gasteiger partial charge >= 0.3 is 0 Å². The lowest BCUT2D eigenvalue weighted by atomic mass is 10.1. The molecule has 100 valence electrons. The molecule has 0 radical (unpaired) electrons. The number of anilines is 1. The number of hydrogen-bond donors (Lipinski definition) is 1. The van der Waals surface area contributed by atoms with E-state index in [2.05, 4.69) is 10.3 Å². The minimum absolute atomic E-state index is 0.138. The van der Waals surface area contributed by atoms with Crippen LogP contribution < -0.4 is 5.32 Å². The Morgan fingerprint density at radius 3 is 3.00 bits per heavy atom. The highest BCUT2D eigenvalue weighted by atomic mass is 35.5. The normalized spacial score (nSPS) is 10.7. The maximum atomic E-state index is 12.2. The molecule has 0 saturated heterocycles. The van der Waals surface area contributed by atoms with Crippen molar-refractivity contribution in [3.05, 3.63) is 59.1 Å². The molecule has 20 heavy (non-hydrogen) atoms. The van der Waals surface area contributed by atoms with E-state index in [0.29, 0.717) is 11.4 Å². The van der Waals surface area contributed by atoms with Crippen LogP contribution in [0.3, 0.4) is 0 Å². The van der Waals surface area contributed by atoms with E-state index in [1.54, 1.807) is 29.0 Å². The zero-order valence-electron chi connectivity index (χ0n) is 10.5. The molecule has 1 amide bonds. The van der Waals surface area contributed by atoms with E-state index in [1.165, 1.54) is 0 Å². The molecule has 0 bridgehead atoms. The number of amides is 1. The van der Waals surface area contributed by atoms with Crippen LogP contribution in [0.5, 0.6) is 0 Å². The number of hydrogen-bond acceptors (Lipinski definition) is 3. The predicted molar refractivity (Wildman–Crippen MR) is 83.6 cm³/mol. The first kappa shape index (κ1) is 13.1. The topological polar surface area (TPSA) is 42.0 Å². The molecule has 0 unspecified atom stereocenters. The van der Waals surface area contributed by atoms with Crippen molar-refractivity contribution in [3.8, 4) is 0 Å². The van der Waals surface area contributed by atoms with Gasteiger partial charge in [-0.1, -0.05) is 12.1 Å². The molecule has 0 aliphatic heterocycles. The second kappa shape index (κ2) is 5.61. The van der Waals surface area contributed by atoms with E-state index in [1.807, 2.05) is 30.3 Å². The van der Waals surface area contributed by atoms with Gasteiger partial charge in [0, 0.05) is 17.1 Å². The van der Waals surface area contributed by atoms with Gasteiger partial charge in [-0.05, 0) is 35.9 Å². The lowest BCUT2D eigenvalue weighted by Crippen LogP contribution is -2.11. The molecule has 1 heterocycles. The summed E-state index contributed by atoms with van der Waals surface area (Å²) in [6.07, 6.45) is 0. The van der Waals surface area contributed by atoms with Crippen LogP contribution in [0.25, 0.3) is 10.2 Å². The summed E-state index contributed by atoms with van der Waals surface area (Å²) in [5, 5.41) is 2.89. The van der Waals surface area contributed by atoms with Gasteiger partial charge in [0.05, 0.1) is 15.7 Å². The van der Waals surface area contributed by atoms with Crippen LogP contribution in [0, 0.1) is 0 Å². The fourth-order valence-corrected chi connectivity index (χ4v) is 2.81. The van der Waals surface area contributed by atoms with Crippen LogP contribution in [-0.4, -0.2) is 10.9 Å². The second-order valence-electron chi connectivity index (χ2n) is 4.32.